The van der Waals surface area contributed by atoms with Crippen LogP contribution in [0, 0.1) is 0 Å². The molecule has 0 spiro atoms. The predicted octanol–water partition coefficient (Wildman–Crippen LogP) is 3.44. The normalized spacial score (nSPS) is 12.4. The van der Waals surface area contributed by atoms with Gasteiger partial charge in [-0.25, -0.2) is 0 Å². The van der Waals surface area contributed by atoms with Crippen molar-refractivity contribution in [1.29, 1.82) is 0 Å². The van der Waals surface area contributed by atoms with Crippen LogP contribution in [-0.2, 0) is 9.53 Å². The molecule has 0 aliphatic heterocycles. The summed E-state index contributed by atoms with van der Waals surface area (Å²) in [5, 5.41) is 9.70. The van der Waals surface area contributed by atoms with E-state index >= 15 is 0 Å². The highest BCUT2D eigenvalue weighted by Crippen LogP contribution is 2.11. The van der Waals surface area contributed by atoms with Gasteiger partial charge in [0, 0.05) is 6.42 Å². The first-order chi connectivity index (χ1) is 8.20. The third-order valence-electron chi connectivity index (χ3n) is 2.86. The zero-order valence-electron chi connectivity index (χ0n) is 11.4. The summed E-state index contributed by atoms with van der Waals surface area (Å²) in [6.07, 6.45) is 8.62. The summed E-state index contributed by atoms with van der Waals surface area (Å²) in [5.41, 5.74) is 0. The smallest absolute Gasteiger partial charge is 0.305 e. The van der Waals surface area contributed by atoms with Crippen molar-refractivity contribution < 1.29 is 14.6 Å². The first-order valence-electron chi connectivity index (χ1n) is 7.04. The number of ether oxygens (including phenoxy) is 1. The van der Waals surface area contributed by atoms with Crippen molar-refractivity contribution in [1.82, 2.24) is 0 Å². The van der Waals surface area contributed by atoms with Gasteiger partial charge in [-0.05, 0) is 26.2 Å². The number of esters is 1. The molecular weight excluding hydrogens is 216 g/mol. The molecule has 0 radical (unpaired) electrons. The molecule has 17 heavy (non-hydrogen) atoms. The molecule has 1 unspecified atom stereocenters. The number of rotatable bonds is 11. The van der Waals surface area contributed by atoms with Crippen molar-refractivity contribution in [3.05, 3.63) is 0 Å². The number of aliphatic hydroxyl groups is 1. The number of aliphatic hydroxyl groups excluding tert-OH is 1. The molecule has 0 amide bonds. The van der Waals surface area contributed by atoms with Crippen LogP contribution in [0.5, 0.6) is 0 Å². The molecule has 0 heterocycles. The molecule has 0 aliphatic carbocycles. The highest BCUT2D eigenvalue weighted by atomic mass is 16.5. The number of carbonyl (C=O) groups excluding carboxylic acids is 1. The van der Waals surface area contributed by atoms with Gasteiger partial charge in [0.2, 0.25) is 0 Å². The summed E-state index contributed by atoms with van der Waals surface area (Å²) in [6.45, 7) is 4.45. The summed E-state index contributed by atoms with van der Waals surface area (Å²) in [4.78, 5) is 11.1. The first-order valence-corrected chi connectivity index (χ1v) is 7.04. The maximum absolute atomic E-state index is 11.1. The Labute approximate surface area is 106 Å². The molecule has 102 valence electrons. The minimum absolute atomic E-state index is 0.150. The second-order valence-electron chi connectivity index (χ2n) is 4.55. The molecule has 0 aromatic rings. The summed E-state index contributed by atoms with van der Waals surface area (Å²) in [7, 11) is 0. The van der Waals surface area contributed by atoms with E-state index in [0.717, 1.165) is 19.3 Å². The Morgan fingerprint density at radius 3 is 2.35 bits per heavy atom. The van der Waals surface area contributed by atoms with E-state index in [2.05, 4.69) is 6.92 Å². The van der Waals surface area contributed by atoms with Gasteiger partial charge >= 0.3 is 5.97 Å². The van der Waals surface area contributed by atoms with Crippen molar-refractivity contribution in [3.8, 4) is 0 Å². The quantitative estimate of drug-likeness (QED) is 0.447. The average Bonchev–Trinajstić information content (AvgIpc) is 2.29. The van der Waals surface area contributed by atoms with Crippen molar-refractivity contribution in [3.63, 3.8) is 0 Å². The summed E-state index contributed by atoms with van der Waals surface area (Å²) in [6, 6.07) is 0. The Balaban J connectivity index is 3.28. The molecule has 0 rings (SSSR count). The van der Waals surface area contributed by atoms with E-state index in [-0.39, 0.29) is 12.1 Å². The highest BCUT2D eigenvalue weighted by molar-refractivity contribution is 5.69. The maximum atomic E-state index is 11.1. The van der Waals surface area contributed by atoms with E-state index in [4.69, 9.17) is 4.74 Å². The molecule has 3 heteroatoms. The van der Waals surface area contributed by atoms with Gasteiger partial charge in [0.05, 0.1) is 12.7 Å². The first kappa shape index (κ1) is 16.4. The summed E-state index contributed by atoms with van der Waals surface area (Å²) >= 11 is 0. The lowest BCUT2D eigenvalue weighted by Crippen LogP contribution is -2.09. The van der Waals surface area contributed by atoms with Gasteiger partial charge in [0.15, 0.2) is 0 Å². The van der Waals surface area contributed by atoms with Gasteiger partial charge in [-0.15, -0.1) is 0 Å². The van der Waals surface area contributed by atoms with Crippen molar-refractivity contribution >= 4 is 5.97 Å². The number of carbonyl (C=O) groups is 1. The summed E-state index contributed by atoms with van der Waals surface area (Å²) in [5.74, 6) is -0.150. The topological polar surface area (TPSA) is 46.5 Å². The molecule has 0 saturated heterocycles. The van der Waals surface area contributed by atoms with E-state index in [1.54, 1.807) is 0 Å². The van der Waals surface area contributed by atoms with E-state index in [1.165, 1.54) is 25.7 Å². The van der Waals surface area contributed by atoms with Gasteiger partial charge in [-0.2, -0.15) is 0 Å². The second-order valence-corrected chi connectivity index (χ2v) is 4.55. The van der Waals surface area contributed by atoms with Crippen LogP contribution in [-0.4, -0.2) is 23.8 Å². The number of hydrogen-bond acceptors (Lipinski definition) is 3. The van der Waals surface area contributed by atoms with Crippen LogP contribution in [0.15, 0.2) is 0 Å². The lowest BCUT2D eigenvalue weighted by atomic mass is 10.0. The van der Waals surface area contributed by atoms with Gasteiger partial charge in [0.1, 0.15) is 0 Å². The van der Waals surface area contributed by atoms with Crippen LogP contribution in [0.1, 0.15) is 71.6 Å². The second kappa shape index (κ2) is 11.9. The van der Waals surface area contributed by atoms with E-state index in [0.29, 0.717) is 19.4 Å². The Morgan fingerprint density at radius 2 is 1.71 bits per heavy atom. The number of hydrogen-bond donors (Lipinski definition) is 1. The fourth-order valence-corrected chi connectivity index (χ4v) is 1.84. The van der Waals surface area contributed by atoms with E-state index < -0.39 is 0 Å². The van der Waals surface area contributed by atoms with Crippen LogP contribution in [0.4, 0.5) is 0 Å². The van der Waals surface area contributed by atoms with Crippen LogP contribution in [0.2, 0.25) is 0 Å². The monoisotopic (exact) mass is 244 g/mol. The third kappa shape index (κ3) is 11.7. The van der Waals surface area contributed by atoms with Crippen molar-refractivity contribution in [2.45, 2.75) is 77.7 Å². The SMILES string of the molecule is CCCCCCCC(O)CCCC(=O)OCC. The van der Waals surface area contributed by atoms with Gasteiger partial charge in [-0.1, -0.05) is 39.0 Å². The van der Waals surface area contributed by atoms with Gasteiger partial charge < -0.3 is 9.84 Å². The Kier molecular flexibility index (Phi) is 11.5. The minimum Gasteiger partial charge on any atom is -0.466 e. The maximum Gasteiger partial charge on any atom is 0.305 e. The molecular formula is C14H28O3. The fourth-order valence-electron chi connectivity index (χ4n) is 1.84. The summed E-state index contributed by atoms with van der Waals surface area (Å²) < 4.78 is 4.83. The number of unbranched alkanes of at least 4 members (excludes halogenated alkanes) is 4. The molecule has 1 N–H and O–H groups in total. The Morgan fingerprint density at radius 1 is 1.06 bits per heavy atom. The minimum atomic E-state index is -0.244. The van der Waals surface area contributed by atoms with E-state index in [1.807, 2.05) is 6.92 Å². The molecule has 1 atom stereocenters. The zero-order valence-corrected chi connectivity index (χ0v) is 11.4. The van der Waals surface area contributed by atoms with Crippen LogP contribution in [0.3, 0.4) is 0 Å². The molecule has 0 aromatic carbocycles. The Hall–Kier alpha value is -0.570. The molecule has 0 aromatic heterocycles. The van der Waals surface area contributed by atoms with Crippen molar-refractivity contribution in [2.24, 2.45) is 0 Å². The van der Waals surface area contributed by atoms with Crippen LogP contribution < -0.4 is 0 Å². The third-order valence-corrected chi connectivity index (χ3v) is 2.86. The molecule has 0 saturated carbocycles. The van der Waals surface area contributed by atoms with Crippen molar-refractivity contribution in [2.75, 3.05) is 6.61 Å². The zero-order chi connectivity index (χ0) is 12.9. The van der Waals surface area contributed by atoms with Gasteiger partial charge in [-0.3, -0.25) is 4.79 Å². The standard InChI is InChI=1S/C14H28O3/c1-3-5-6-7-8-10-13(15)11-9-12-14(16)17-4-2/h13,15H,3-12H2,1-2H3. The largest absolute Gasteiger partial charge is 0.466 e. The molecule has 3 nitrogen and oxygen atoms in total. The van der Waals surface area contributed by atoms with Crippen LogP contribution in [0.25, 0.3) is 0 Å². The Bertz CT molecular complexity index is 180. The fraction of sp³-hybridized carbons (Fsp3) is 0.929. The molecule has 0 fully saturated rings. The van der Waals surface area contributed by atoms with E-state index in [9.17, 15) is 9.90 Å². The lowest BCUT2D eigenvalue weighted by molar-refractivity contribution is -0.143. The van der Waals surface area contributed by atoms with Gasteiger partial charge in [0.25, 0.3) is 0 Å². The molecule has 0 aliphatic rings. The van der Waals surface area contributed by atoms with Crippen LogP contribution >= 0.6 is 0 Å². The lowest BCUT2D eigenvalue weighted by Gasteiger charge is -2.09. The predicted molar refractivity (Wildman–Crippen MR) is 69.9 cm³/mol. The molecule has 0 bridgehead atoms. The average molecular weight is 244 g/mol. The highest BCUT2D eigenvalue weighted by Gasteiger charge is 2.06.